The van der Waals surface area contributed by atoms with Crippen LogP contribution in [0.2, 0.25) is 0 Å². The van der Waals surface area contributed by atoms with Crippen molar-refractivity contribution in [1.29, 1.82) is 0 Å². The second-order valence-corrected chi connectivity index (χ2v) is 29.5. The van der Waals surface area contributed by atoms with Gasteiger partial charge in [-0.1, -0.05) is 364 Å². The second kappa shape index (κ2) is 78.5. The highest BCUT2D eigenvalue weighted by Gasteiger charge is 2.27. The molecule has 0 heterocycles. The average Bonchev–Trinajstić information content (AvgIpc) is 1.30. The third kappa shape index (κ3) is 82.3. The number of allylic oxidation sites excluding steroid dienone is 28. The van der Waals surface area contributed by atoms with Crippen molar-refractivity contribution in [3.05, 3.63) is 170 Å². The molecule has 570 valence electrons. The lowest BCUT2D eigenvalue weighted by Gasteiger charge is -2.24. The van der Waals surface area contributed by atoms with Crippen LogP contribution in [0.5, 0.6) is 0 Å². The topological polar surface area (TPSA) is 108 Å². The fourth-order valence-electron chi connectivity index (χ4n) is 11.1. The first-order valence-corrected chi connectivity index (χ1v) is 42.4. The maximum Gasteiger partial charge on any atom is 0.472 e. The quantitative estimate of drug-likeness (QED) is 0.0211. The normalized spacial score (nSPS) is 13.9. The Bertz CT molecular complexity index is 2300. The Balaban J connectivity index is 4.01. The lowest BCUT2D eigenvalue weighted by molar-refractivity contribution is -0.870. The van der Waals surface area contributed by atoms with E-state index in [0.717, 1.165) is 135 Å². The molecule has 0 aliphatic heterocycles. The van der Waals surface area contributed by atoms with E-state index in [4.69, 9.17) is 18.5 Å². The van der Waals surface area contributed by atoms with Crippen molar-refractivity contribution in [1.82, 2.24) is 0 Å². The Morgan fingerprint density at radius 2 is 0.540 bits per heavy atom. The van der Waals surface area contributed by atoms with Gasteiger partial charge in [0.25, 0.3) is 0 Å². The Morgan fingerprint density at radius 1 is 0.310 bits per heavy atom. The van der Waals surface area contributed by atoms with Crippen molar-refractivity contribution < 1.29 is 42.1 Å². The van der Waals surface area contributed by atoms with Gasteiger partial charge in [0.1, 0.15) is 19.8 Å². The molecule has 0 bridgehead atoms. The number of unbranched alkanes of at least 4 members (excludes halogenated alkanes) is 32. The van der Waals surface area contributed by atoms with Crippen LogP contribution >= 0.6 is 7.82 Å². The van der Waals surface area contributed by atoms with Gasteiger partial charge in [0.2, 0.25) is 0 Å². The zero-order valence-corrected chi connectivity index (χ0v) is 66.0. The number of carbonyl (C=O) groups excluding carboxylic acids is 2. The summed E-state index contributed by atoms with van der Waals surface area (Å²) in [6.45, 7) is 4.22. The molecule has 0 saturated heterocycles. The Kier molecular flexibility index (Phi) is 74.9. The minimum absolute atomic E-state index is 0.0253. The van der Waals surface area contributed by atoms with Crippen molar-refractivity contribution in [3.8, 4) is 0 Å². The molecule has 2 unspecified atom stereocenters. The van der Waals surface area contributed by atoms with E-state index in [9.17, 15) is 19.0 Å². The lowest BCUT2D eigenvalue weighted by Crippen LogP contribution is -2.37. The molecular weight excluding hydrogens is 1250 g/mol. The molecule has 100 heavy (non-hydrogen) atoms. The van der Waals surface area contributed by atoms with Crippen LogP contribution < -0.4 is 0 Å². The predicted molar refractivity (Wildman–Crippen MR) is 436 cm³/mol. The zero-order chi connectivity index (χ0) is 72.5. The van der Waals surface area contributed by atoms with Crippen molar-refractivity contribution in [2.24, 2.45) is 0 Å². The highest BCUT2D eigenvalue weighted by molar-refractivity contribution is 7.47. The first-order valence-electron chi connectivity index (χ1n) is 40.9. The average molecular weight is 1410 g/mol. The molecule has 0 aromatic carbocycles. The summed E-state index contributed by atoms with van der Waals surface area (Å²) in [5.74, 6) is -0.798. The molecule has 0 aliphatic carbocycles. The predicted octanol–water partition coefficient (Wildman–Crippen LogP) is 27.6. The number of ether oxygens (including phenoxy) is 2. The minimum atomic E-state index is -4.41. The summed E-state index contributed by atoms with van der Waals surface area (Å²) < 4.78 is 34.8. The van der Waals surface area contributed by atoms with Crippen LogP contribution in [0.25, 0.3) is 0 Å². The van der Waals surface area contributed by atoms with Gasteiger partial charge < -0.3 is 18.9 Å². The maximum atomic E-state index is 12.9. The summed E-state index contributed by atoms with van der Waals surface area (Å²) in [5, 5.41) is 0. The van der Waals surface area contributed by atoms with Gasteiger partial charge in [0.15, 0.2) is 6.10 Å². The van der Waals surface area contributed by atoms with Crippen LogP contribution in [0.1, 0.15) is 335 Å². The van der Waals surface area contributed by atoms with Crippen LogP contribution in [0.15, 0.2) is 170 Å². The molecule has 0 rings (SSSR count). The molecule has 0 fully saturated rings. The van der Waals surface area contributed by atoms with Crippen LogP contribution in [0, 0.1) is 0 Å². The summed E-state index contributed by atoms with van der Waals surface area (Å²) in [6, 6.07) is 0. The number of rotatable bonds is 74. The standard InChI is InChI=1S/C90H152NO8P/c1-6-8-10-12-14-16-18-20-22-24-26-28-30-32-34-36-38-40-42-43-44-45-46-47-49-51-53-55-57-59-61-63-65-67-69-71-73-75-77-79-81-83-90(93)99-88(87-98-100(94,95)97-85-84-91(3,4)5)86-96-89(92)82-80-78-76-74-72-70-68-66-64-62-60-58-56-54-52-50-48-41-39-37-35-33-31-29-27-25-23-21-19-17-15-13-11-9-7-2/h8-11,14-17,20-23,26-29,32,34,38,40,43-44,46-47,51,53,57,59,88H,6-7,12-13,18-19,24-25,30-31,33,35-37,39,41-42,45,48-50,52,54-56,58,60-87H2,1-5H3/p+1/b10-8-,11-9-,16-14-,17-15-,22-20-,23-21-,28-26-,29-27-,34-32-,40-38-,44-43-,47-46-,53-51-,59-57-. The third-order valence-corrected chi connectivity index (χ3v) is 18.2. The number of hydrogen-bond donors (Lipinski definition) is 1. The molecule has 10 heteroatoms. The Hall–Kier alpha value is -4.63. The SMILES string of the molecule is CC/C=C\C/C=C\C/C=C\C/C=C\C/C=C\C/C=C\C/C=C\C/C=C\C/C=C\C/C=C\CCCCCCCCCCCCC(=O)OC(COC(=O)CCCCCCCCCCCCCCCCCCCCCCCC/C=C\C/C=C\C/C=C\C/C=C\CC)COP(=O)(O)OCC[N+](C)(C)C. The molecule has 0 aromatic rings. The molecule has 9 nitrogen and oxygen atoms in total. The number of phosphoric acid groups is 1. The number of likely N-dealkylation sites (N-methyl/N-ethyl adjacent to an activating group) is 1. The summed E-state index contributed by atoms with van der Waals surface area (Å²) in [4.78, 5) is 36.0. The summed E-state index contributed by atoms with van der Waals surface area (Å²) >= 11 is 0. The number of phosphoric ester groups is 1. The van der Waals surface area contributed by atoms with Gasteiger partial charge in [0.05, 0.1) is 27.7 Å². The number of hydrogen-bond acceptors (Lipinski definition) is 7. The second-order valence-electron chi connectivity index (χ2n) is 28.0. The molecule has 2 atom stereocenters. The van der Waals surface area contributed by atoms with Crippen LogP contribution in [-0.2, 0) is 32.7 Å². The molecule has 1 N–H and O–H groups in total. The minimum Gasteiger partial charge on any atom is -0.462 e. The van der Waals surface area contributed by atoms with E-state index in [1.54, 1.807) is 0 Å². The van der Waals surface area contributed by atoms with Gasteiger partial charge in [0, 0.05) is 12.8 Å². The van der Waals surface area contributed by atoms with Gasteiger partial charge in [-0.3, -0.25) is 18.6 Å². The van der Waals surface area contributed by atoms with Crippen molar-refractivity contribution >= 4 is 19.8 Å². The lowest BCUT2D eigenvalue weighted by atomic mass is 10.0. The van der Waals surface area contributed by atoms with E-state index < -0.39 is 26.5 Å². The Morgan fingerprint density at radius 3 is 0.800 bits per heavy atom. The first kappa shape index (κ1) is 95.4. The number of carbonyl (C=O) groups is 2. The first-order chi connectivity index (χ1) is 49.0. The molecule has 0 aromatic heterocycles. The summed E-state index contributed by atoms with van der Waals surface area (Å²) in [5.41, 5.74) is 0. The van der Waals surface area contributed by atoms with E-state index in [2.05, 4.69) is 184 Å². The Labute approximate surface area is 617 Å². The van der Waals surface area contributed by atoms with Gasteiger partial charge in [-0.25, -0.2) is 4.57 Å². The molecule has 0 spiro atoms. The van der Waals surface area contributed by atoms with Gasteiger partial charge >= 0.3 is 19.8 Å². The molecule has 0 radical (unpaired) electrons. The maximum absolute atomic E-state index is 12.9. The molecule has 0 amide bonds. The molecular formula is C90H153NO8P+. The van der Waals surface area contributed by atoms with Gasteiger partial charge in [-0.2, -0.15) is 0 Å². The fourth-order valence-corrected chi connectivity index (χ4v) is 11.8. The highest BCUT2D eigenvalue weighted by Crippen LogP contribution is 2.43. The third-order valence-electron chi connectivity index (χ3n) is 17.2. The largest absolute Gasteiger partial charge is 0.472 e. The summed E-state index contributed by atoms with van der Waals surface area (Å²) in [6.07, 6.45) is 119. The fraction of sp³-hybridized carbons (Fsp3) is 0.667. The monoisotopic (exact) mass is 1410 g/mol. The molecule has 0 saturated carbocycles. The highest BCUT2D eigenvalue weighted by atomic mass is 31.2. The number of nitrogens with zero attached hydrogens (tertiary/aromatic N) is 1. The number of esters is 2. The van der Waals surface area contributed by atoms with Crippen molar-refractivity contribution in [3.63, 3.8) is 0 Å². The van der Waals surface area contributed by atoms with E-state index in [-0.39, 0.29) is 32.0 Å². The number of quaternary nitrogens is 1. The van der Waals surface area contributed by atoms with Gasteiger partial charge in [-0.15, -0.1) is 0 Å². The zero-order valence-electron chi connectivity index (χ0n) is 65.1. The van der Waals surface area contributed by atoms with Crippen LogP contribution in [0.4, 0.5) is 0 Å². The van der Waals surface area contributed by atoms with E-state index >= 15 is 0 Å². The smallest absolute Gasteiger partial charge is 0.462 e. The summed E-state index contributed by atoms with van der Waals surface area (Å²) in [7, 11) is 1.47. The van der Waals surface area contributed by atoms with E-state index in [1.165, 1.54) is 167 Å². The van der Waals surface area contributed by atoms with Crippen LogP contribution in [0.3, 0.4) is 0 Å². The van der Waals surface area contributed by atoms with Gasteiger partial charge in [-0.05, 0) is 128 Å². The van der Waals surface area contributed by atoms with E-state index in [0.29, 0.717) is 17.4 Å². The van der Waals surface area contributed by atoms with Crippen LogP contribution in [-0.4, -0.2) is 74.9 Å². The van der Waals surface area contributed by atoms with E-state index in [1.807, 2.05) is 21.1 Å². The van der Waals surface area contributed by atoms with Crippen molar-refractivity contribution in [2.45, 2.75) is 341 Å². The molecule has 0 aliphatic rings. The van der Waals surface area contributed by atoms with Crippen molar-refractivity contribution in [2.75, 3.05) is 47.5 Å².